The minimum absolute atomic E-state index is 0.0347. The molecule has 0 bridgehead atoms. The average molecular weight is 299 g/mol. The van der Waals surface area contributed by atoms with E-state index < -0.39 is 0 Å². The van der Waals surface area contributed by atoms with Crippen LogP contribution in [0.1, 0.15) is 39.5 Å². The van der Waals surface area contributed by atoms with Crippen molar-refractivity contribution >= 4 is 5.91 Å². The van der Waals surface area contributed by atoms with Crippen molar-refractivity contribution in [1.82, 2.24) is 10.2 Å². The molecule has 124 valence electrons. The van der Waals surface area contributed by atoms with E-state index in [1.54, 1.807) is 7.11 Å². The number of hydrogen-bond acceptors (Lipinski definition) is 4. The van der Waals surface area contributed by atoms with Crippen molar-refractivity contribution in [3.63, 3.8) is 0 Å². The van der Waals surface area contributed by atoms with E-state index in [9.17, 15) is 4.79 Å². The third-order valence-electron chi connectivity index (χ3n) is 4.18. The maximum Gasteiger partial charge on any atom is 0.222 e. The molecule has 21 heavy (non-hydrogen) atoms. The second-order valence-electron chi connectivity index (χ2n) is 6.56. The van der Waals surface area contributed by atoms with Crippen molar-refractivity contribution in [2.24, 2.45) is 17.6 Å². The standard InChI is InChI=1S/C16H33N3O2/c1-13-8-14(2)12-19(11-13)7-5-4-6-18-16(20)9-15(10-17)21-3/h13-15H,4-12,17H2,1-3H3,(H,18,20). The largest absolute Gasteiger partial charge is 0.380 e. The monoisotopic (exact) mass is 299 g/mol. The molecule has 1 aliphatic rings. The fourth-order valence-electron chi connectivity index (χ4n) is 3.20. The topological polar surface area (TPSA) is 67.6 Å². The van der Waals surface area contributed by atoms with Gasteiger partial charge in [-0.15, -0.1) is 0 Å². The molecular weight excluding hydrogens is 266 g/mol. The molecule has 0 aliphatic carbocycles. The van der Waals surface area contributed by atoms with Crippen molar-refractivity contribution < 1.29 is 9.53 Å². The van der Waals surface area contributed by atoms with Crippen LogP contribution >= 0.6 is 0 Å². The highest BCUT2D eigenvalue weighted by Crippen LogP contribution is 2.20. The molecule has 0 aromatic heterocycles. The number of rotatable bonds is 9. The highest BCUT2D eigenvalue weighted by atomic mass is 16.5. The van der Waals surface area contributed by atoms with Crippen LogP contribution in [0.4, 0.5) is 0 Å². The second kappa shape index (κ2) is 10.1. The van der Waals surface area contributed by atoms with Crippen LogP contribution in [0.2, 0.25) is 0 Å². The van der Waals surface area contributed by atoms with Gasteiger partial charge >= 0.3 is 0 Å². The Kier molecular flexibility index (Phi) is 8.88. The van der Waals surface area contributed by atoms with E-state index in [1.165, 1.54) is 19.5 Å². The number of methoxy groups -OCH3 is 1. The van der Waals surface area contributed by atoms with Gasteiger partial charge in [0.1, 0.15) is 0 Å². The summed E-state index contributed by atoms with van der Waals surface area (Å²) in [5.74, 6) is 1.67. The highest BCUT2D eigenvalue weighted by molar-refractivity contribution is 5.76. The Balaban J connectivity index is 2.05. The summed E-state index contributed by atoms with van der Waals surface area (Å²) in [6, 6.07) is 0. The fourth-order valence-corrected chi connectivity index (χ4v) is 3.20. The number of nitrogens with one attached hydrogen (secondary N) is 1. The van der Waals surface area contributed by atoms with Crippen molar-refractivity contribution in [3.8, 4) is 0 Å². The van der Waals surface area contributed by atoms with Gasteiger partial charge in [-0.3, -0.25) is 4.79 Å². The Morgan fingerprint density at radius 2 is 2.00 bits per heavy atom. The van der Waals surface area contributed by atoms with Crippen LogP contribution in [0, 0.1) is 11.8 Å². The van der Waals surface area contributed by atoms with Gasteiger partial charge in [0.25, 0.3) is 0 Å². The van der Waals surface area contributed by atoms with Crippen molar-refractivity contribution in [2.45, 2.75) is 45.6 Å². The first-order valence-corrected chi connectivity index (χ1v) is 8.27. The summed E-state index contributed by atoms with van der Waals surface area (Å²) in [6.07, 6.45) is 3.72. The first-order chi connectivity index (χ1) is 10.0. The SMILES string of the molecule is COC(CN)CC(=O)NCCCCN1CC(C)CC(C)C1. The van der Waals surface area contributed by atoms with Gasteiger partial charge in [-0.25, -0.2) is 0 Å². The summed E-state index contributed by atoms with van der Waals surface area (Å²) in [6.45, 7) is 9.41. The minimum Gasteiger partial charge on any atom is -0.380 e. The number of nitrogens with two attached hydrogens (primary N) is 1. The zero-order chi connectivity index (χ0) is 15.7. The molecule has 5 heteroatoms. The van der Waals surface area contributed by atoms with E-state index in [1.807, 2.05) is 0 Å². The van der Waals surface area contributed by atoms with Gasteiger partial charge in [-0.05, 0) is 37.6 Å². The Labute approximate surface area is 129 Å². The van der Waals surface area contributed by atoms with Crippen molar-refractivity contribution in [3.05, 3.63) is 0 Å². The number of ether oxygens (including phenoxy) is 1. The van der Waals surface area contributed by atoms with E-state index in [0.717, 1.165) is 37.8 Å². The number of nitrogens with zero attached hydrogens (tertiary/aromatic N) is 1. The van der Waals surface area contributed by atoms with Gasteiger partial charge < -0.3 is 20.7 Å². The fraction of sp³-hybridized carbons (Fsp3) is 0.938. The lowest BCUT2D eigenvalue weighted by molar-refractivity contribution is -0.123. The van der Waals surface area contributed by atoms with Crippen LogP contribution in [-0.2, 0) is 9.53 Å². The van der Waals surface area contributed by atoms with E-state index in [4.69, 9.17) is 10.5 Å². The molecule has 1 fully saturated rings. The molecule has 1 rings (SSSR count). The van der Waals surface area contributed by atoms with Gasteiger partial charge in [-0.2, -0.15) is 0 Å². The van der Waals surface area contributed by atoms with E-state index >= 15 is 0 Å². The predicted molar refractivity (Wildman–Crippen MR) is 86.1 cm³/mol. The second-order valence-corrected chi connectivity index (χ2v) is 6.56. The Morgan fingerprint density at radius 1 is 1.33 bits per heavy atom. The van der Waals surface area contributed by atoms with E-state index in [0.29, 0.717) is 13.0 Å². The number of amides is 1. The third kappa shape index (κ3) is 7.79. The molecule has 5 nitrogen and oxygen atoms in total. The number of hydrogen-bond donors (Lipinski definition) is 2. The third-order valence-corrected chi connectivity index (χ3v) is 4.18. The molecule has 0 radical (unpaired) electrons. The summed E-state index contributed by atoms with van der Waals surface area (Å²) in [7, 11) is 1.59. The van der Waals surface area contributed by atoms with Crippen LogP contribution in [0.5, 0.6) is 0 Å². The molecule has 0 aromatic carbocycles. The molecule has 1 heterocycles. The lowest BCUT2D eigenvalue weighted by Crippen LogP contribution is -2.39. The number of unbranched alkanes of at least 4 members (excludes halogenated alkanes) is 1. The summed E-state index contributed by atoms with van der Waals surface area (Å²) in [5, 5.41) is 2.94. The maximum atomic E-state index is 11.7. The summed E-state index contributed by atoms with van der Waals surface area (Å²) >= 11 is 0. The van der Waals surface area contributed by atoms with Gasteiger partial charge in [0.15, 0.2) is 0 Å². The van der Waals surface area contributed by atoms with Gasteiger partial charge in [0, 0.05) is 33.3 Å². The van der Waals surface area contributed by atoms with Gasteiger partial charge in [-0.1, -0.05) is 13.8 Å². The number of carbonyl (C=O) groups excluding carboxylic acids is 1. The predicted octanol–water partition coefficient (Wildman–Crippen LogP) is 1.22. The molecule has 3 N–H and O–H groups in total. The van der Waals surface area contributed by atoms with Crippen LogP contribution in [0.3, 0.4) is 0 Å². The molecule has 3 unspecified atom stereocenters. The Bertz CT molecular complexity index is 285. The molecule has 3 atom stereocenters. The maximum absolute atomic E-state index is 11.7. The smallest absolute Gasteiger partial charge is 0.222 e. The van der Waals surface area contributed by atoms with Gasteiger partial charge in [0.2, 0.25) is 5.91 Å². The van der Waals surface area contributed by atoms with E-state index in [-0.39, 0.29) is 12.0 Å². The lowest BCUT2D eigenvalue weighted by atomic mass is 9.92. The number of piperidine rings is 1. The van der Waals surface area contributed by atoms with Crippen molar-refractivity contribution in [1.29, 1.82) is 0 Å². The van der Waals surface area contributed by atoms with E-state index in [2.05, 4.69) is 24.1 Å². The summed E-state index contributed by atoms with van der Waals surface area (Å²) in [5.41, 5.74) is 5.50. The molecular formula is C16H33N3O2. The highest BCUT2D eigenvalue weighted by Gasteiger charge is 2.20. The van der Waals surface area contributed by atoms with Crippen LogP contribution < -0.4 is 11.1 Å². The van der Waals surface area contributed by atoms with Crippen LogP contribution in [0.15, 0.2) is 0 Å². The minimum atomic E-state index is -0.165. The molecule has 1 aliphatic heterocycles. The molecule has 1 saturated heterocycles. The van der Waals surface area contributed by atoms with Crippen LogP contribution in [0.25, 0.3) is 0 Å². The molecule has 1 amide bonds. The number of likely N-dealkylation sites (tertiary alicyclic amines) is 1. The first kappa shape index (κ1) is 18.4. The quantitative estimate of drug-likeness (QED) is 0.628. The zero-order valence-corrected chi connectivity index (χ0v) is 13.9. The Hall–Kier alpha value is -0.650. The normalized spacial score (nSPS) is 24.8. The average Bonchev–Trinajstić information content (AvgIpc) is 2.43. The van der Waals surface area contributed by atoms with Crippen molar-refractivity contribution in [2.75, 3.05) is 39.8 Å². The van der Waals surface area contributed by atoms with Gasteiger partial charge in [0.05, 0.1) is 12.5 Å². The Morgan fingerprint density at radius 3 is 2.57 bits per heavy atom. The summed E-state index contributed by atoms with van der Waals surface area (Å²) in [4.78, 5) is 14.2. The summed E-state index contributed by atoms with van der Waals surface area (Å²) < 4.78 is 5.10. The lowest BCUT2D eigenvalue weighted by Gasteiger charge is -2.34. The number of carbonyl (C=O) groups is 1. The first-order valence-electron chi connectivity index (χ1n) is 8.27. The molecule has 0 saturated carbocycles. The zero-order valence-electron chi connectivity index (χ0n) is 13.9. The van der Waals surface area contributed by atoms with Crippen LogP contribution in [-0.4, -0.2) is 56.7 Å². The molecule has 0 aromatic rings. The molecule has 0 spiro atoms.